The van der Waals surface area contributed by atoms with Crippen LogP contribution in [0.2, 0.25) is 0 Å². The van der Waals surface area contributed by atoms with Crippen LogP contribution in [0.15, 0.2) is 29.2 Å². The summed E-state index contributed by atoms with van der Waals surface area (Å²) in [4.78, 5) is 13.3. The Bertz CT molecular complexity index is 390. The average molecular weight is 265 g/mol. The minimum Gasteiger partial charge on any atom is -0.350 e. The number of thioether (sulfide) groups is 1. The first-order valence-corrected chi connectivity index (χ1v) is 7.49. The summed E-state index contributed by atoms with van der Waals surface area (Å²) in [5, 5.41) is 3.54. The second-order valence-corrected chi connectivity index (χ2v) is 6.44. The second-order valence-electron chi connectivity index (χ2n) is 4.83. The van der Waals surface area contributed by atoms with Crippen LogP contribution in [0.4, 0.5) is 0 Å². The molecule has 100 valence electrons. The molecule has 3 heteroatoms. The number of nitrogens with one attached hydrogen (secondary N) is 1. The van der Waals surface area contributed by atoms with Gasteiger partial charge in [0, 0.05) is 16.2 Å². The van der Waals surface area contributed by atoms with Crippen molar-refractivity contribution in [3.8, 4) is 0 Å². The van der Waals surface area contributed by atoms with Crippen LogP contribution in [-0.2, 0) is 0 Å². The molecule has 0 fully saturated rings. The molecule has 0 aliphatic heterocycles. The SMILES string of the molecule is CCC[C@H](C)NC(=O)c1ccccc1SC(C)C. The highest BCUT2D eigenvalue weighted by atomic mass is 32.2. The molecule has 0 saturated carbocycles. The number of carbonyl (C=O) groups is 1. The maximum atomic E-state index is 12.2. The van der Waals surface area contributed by atoms with Gasteiger partial charge in [-0.1, -0.05) is 39.3 Å². The van der Waals surface area contributed by atoms with Gasteiger partial charge >= 0.3 is 0 Å². The molecule has 1 aromatic carbocycles. The molecule has 0 heterocycles. The molecule has 0 aromatic heterocycles. The fourth-order valence-electron chi connectivity index (χ4n) is 1.82. The molecule has 0 saturated heterocycles. The van der Waals surface area contributed by atoms with Gasteiger partial charge in [-0.25, -0.2) is 0 Å². The van der Waals surface area contributed by atoms with Crippen LogP contribution in [-0.4, -0.2) is 17.2 Å². The standard InChI is InChI=1S/C15H23NOS/c1-5-8-12(4)16-15(17)13-9-6-7-10-14(13)18-11(2)3/h6-7,9-12H,5,8H2,1-4H3,(H,16,17)/t12-/m0/s1. The van der Waals surface area contributed by atoms with E-state index in [-0.39, 0.29) is 11.9 Å². The molecule has 0 aliphatic carbocycles. The third kappa shape index (κ3) is 4.73. The molecule has 18 heavy (non-hydrogen) atoms. The van der Waals surface area contributed by atoms with Gasteiger partial charge in [-0.15, -0.1) is 11.8 Å². The zero-order valence-corrected chi connectivity index (χ0v) is 12.5. The van der Waals surface area contributed by atoms with Crippen LogP contribution >= 0.6 is 11.8 Å². The Morgan fingerprint density at radius 2 is 1.94 bits per heavy atom. The van der Waals surface area contributed by atoms with Crippen molar-refractivity contribution in [1.82, 2.24) is 5.32 Å². The second kappa shape index (κ2) is 7.47. The number of hydrogen-bond acceptors (Lipinski definition) is 2. The monoisotopic (exact) mass is 265 g/mol. The van der Waals surface area contributed by atoms with E-state index in [0.717, 1.165) is 23.3 Å². The lowest BCUT2D eigenvalue weighted by Crippen LogP contribution is -2.32. The molecule has 1 amide bonds. The third-order valence-corrected chi connectivity index (χ3v) is 3.67. The Morgan fingerprint density at radius 3 is 2.56 bits per heavy atom. The molecule has 2 nitrogen and oxygen atoms in total. The molecular formula is C15H23NOS. The lowest BCUT2D eigenvalue weighted by atomic mass is 10.1. The molecular weight excluding hydrogens is 242 g/mol. The number of hydrogen-bond donors (Lipinski definition) is 1. The molecule has 0 unspecified atom stereocenters. The highest BCUT2D eigenvalue weighted by Gasteiger charge is 2.14. The first-order chi connectivity index (χ1) is 8.54. The van der Waals surface area contributed by atoms with Gasteiger partial charge < -0.3 is 5.32 Å². The van der Waals surface area contributed by atoms with Gasteiger partial charge in [-0.2, -0.15) is 0 Å². The predicted octanol–water partition coefficient (Wildman–Crippen LogP) is 4.11. The highest BCUT2D eigenvalue weighted by Crippen LogP contribution is 2.26. The quantitative estimate of drug-likeness (QED) is 0.784. The Labute approximate surface area is 115 Å². The van der Waals surface area contributed by atoms with E-state index < -0.39 is 0 Å². The minimum absolute atomic E-state index is 0.0414. The smallest absolute Gasteiger partial charge is 0.252 e. The summed E-state index contributed by atoms with van der Waals surface area (Å²) in [6, 6.07) is 8.06. The summed E-state index contributed by atoms with van der Waals surface area (Å²) in [6.45, 7) is 8.46. The van der Waals surface area contributed by atoms with Crippen molar-refractivity contribution in [3.05, 3.63) is 29.8 Å². The van der Waals surface area contributed by atoms with Crippen molar-refractivity contribution >= 4 is 17.7 Å². The van der Waals surface area contributed by atoms with E-state index in [1.165, 1.54) is 0 Å². The molecule has 0 aliphatic rings. The Hall–Kier alpha value is -0.960. The topological polar surface area (TPSA) is 29.1 Å². The van der Waals surface area contributed by atoms with Crippen LogP contribution in [0.5, 0.6) is 0 Å². The lowest BCUT2D eigenvalue weighted by molar-refractivity contribution is 0.0935. The fraction of sp³-hybridized carbons (Fsp3) is 0.533. The maximum Gasteiger partial charge on any atom is 0.252 e. The fourth-order valence-corrected chi connectivity index (χ4v) is 2.77. The van der Waals surface area contributed by atoms with E-state index in [9.17, 15) is 4.79 Å². The molecule has 1 atom stereocenters. The molecule has 0 spiro atoms. The summed E-state index contributed by atoms with van der Waals surface area (Å²) in [5.41, 5.74) is 0.791. The zero-order valence-electron chi connectivity index (χ0n) is 11.7. The van der Waals surface area contributed by atoms with E-state index in [2.05, 4.69) is 33.0 Å². The molecule has 0 radical (unpaired) electrons. The van der Waals surface area contributed by atoms with Crippen LogP contribution < -0.4 is 5.32 Å². The van der Waals surface area contributed by atoms with Crippen molar-refractivity contribution in [3.63, 3.8) is 0 Å². The molecule has 1 N–H and O–H groups in total. The molecule has 1 rings (SSSR count). The summed E-state index contributed by atoms with van der Waals surface area (Å²) in [5.74, 6) is 0.0414. The molecule has 0 bridgehead atoms. The first kappa shape index (κ1) is 15.1. The van der Waals surface area contributed by atoms with Crippen molar-refractivity contribution in [2.45, 2.75) is 56.7 Å². The van der Waals surface area contributed by atoms with Crippen molar-refractivity contribution in [2.24, 2.45) is 0 Å². The number of benzene rings is 1. The summed E-state index contributed by atoms with van der Waals surface area (Å²) < 4.78 is 0. The number of rotatable bonds is 6. The van der Waals surface area contributed by atoms with E-state index >= 15 is 0 Å². The first-order valence-electron chi connectivity index (χ1n) is 6.61. The van der Waals surface area contributed by atoms with Gasteiger partial charge in [0.25, 0.3) is 5.91 Å². The summed E-state index contributed by atoms with van der Waals surface area (Å²) >= 11 is 1.73. The maximum absolute atomic E-state index is 12.2. The van der Waals surface area contributed by atoms with Crippen molar-refractivity contribution in [1.29, 1.82) is 0 Å². The van der Waals surface area contributed by atoms with Crippen LogP contribution in [0, 0.1) is 0 Å². The lowest BCUT2D eigenvalue weighted by Gasteiger charge is -2.15. The van der Waals surface area contributed by atoms with Gasteiger partial charge in [-0.05, 0) is 25.5 Å². The van der Waals surface area contributed by atoms with E-state index in [1.54, 1.807) is 11.8 Å². The highest BCUT2D eigenvalue weighted by molar-refractivity contribution is 8.00. The normalized spacial score (nSPS) is 12.5. The van der Waals surface area contributed by atoms with Crippen molar-refractivity contribution in [2.75, 3.05) is 0 Å². The Morgan fingerprint density at radius 1 is 1.28 bits per heavy atom. The minimum atomic E-state index is 0.0414. The largest absolute Gasteiger partial charge is 0.350 e. The van der Waals surface area contributed by atoms with Gasteiger partial charge in [0.2, 0.25) is 0 Å². The third-order valence-electron chi connectivity index (χ3n) is 2.59. The van der Waals surface area contributed by atoms with Crippen LogP contribution in [0.25, 0.3) is 0 Å². The number of carbonyl (C=O) groups excluding carboxylic acids is 1. The van der Waals surface area contributed by atoms with E-state index in [4.69, 9.17) is 0 Å². The van der Waals surface area contributed by atoms with Crippen molar-refractivity contribution < 1.29 is 4.79 Å². The van der Waals surface area contributed by atoms with Gasteiger partial charge in [0.05, 0.1) is 5.56 Å². The summed E-state index contributed by atoms with van der Waals surface area (Å²) in [6.07, 6.45) is 2.11. The van der Waals surface area contributed by atoms with Gasteiger partial charge in [-0.3, -0.25) is 4.79 Å². The Kier molecular flexibility index (Phi) is 6.27. The molecule has 1 aromatic rings. The Balaban J connectivity index is 2.78. The average Bonchev–Trinajstić information content (AvgIpc) is 2.28. The summed E-state index contributed by atoms with van der Waals surface area (Å²) in [7, 11) is 0. The number of amides is 1. The van der Waals surface area contributed by atoms with Crippen LogP contribution in [0.3, 0.4) is 0 Å². The van der Waals surface area contributed by atoms with E-state index in [1.807, 2.05) is 24.3 Å². The predicted molar refractivity (Wildman–Crippen MR) is 79.3 cm³/mol. The zero-order chi connectivity index (χ0) is 13.5. The van der Waals surface area contributed by atoms with Crippen LogP contribution in [0.1, 0.15) is 50.9 Å². The van der Waals surface area contributed by atoms with Gasteiger partial charge in [0.1, 0.15) is 0 Å². The van der Waals surface area contributed by atoms with E-state index in [0.29, 0.717) is 5.25 Å². The van der Waals surface area contributed by atoms with Gasteiger partial charge in [0.15, 0.2) is 0 Å².